The molecule has 3 aromatic rings. The number of aromatic nitrogens is 4. The maximum atomic E-state index is 12.1. The monoisotopic (exact) mass is 294 g/mol. The average molecular weight is 294 g/mol. The van der Waals surface area contributed by atoms with Gasteiger partial charge in [-0.25, -0.2) is 14.8 Å². The molecule has 0 aromatic carbocycles. The van der Waals surface area contributed by atoms with Crippen molar-refractivity contribution in [1.29, 1.82) is 0 Å². The Labute approximate surface area is 127 Å². The van der Waals surface area contributed by atoms with Crippen LogP contribution in [-0.2, 0) is 11.3 Å². The summed E-state index contributed by atoms with van der Waals surface area (Å²) in [6, 6.07) is 8.88. The molecule has 0 fully saturated rings. The molecule has 0 aliphatic rings. The van der Waals surface area contributed by atoms with Gasteiger partial charge in [0, 0.05) is 24.3 Å². The Kier molecular flexibility index (Phi) is 3.91. The number of nitrogens with zero attached hydrogens (tertiary/aromatic N) is 4. The molecule has 22 heavy (non-hydrogen) atoms. The number of carbonyl (C=O) groups excluding carboxylic acids is 1. The van der Waals surface area contributed by atoms with Gasteiger partial charge in [0.15, 0.2) is 0 Å². The summed E-state index contributed by atoms with van der Waals surface area (Å²) in [4.78, 5) is 24.6. The van der Waals surface area contributed by atoms with Gasteiger partial charge in [0.1, 0.15) is 18.8 Å². The van der Waals surface area contributed by atoms with Crippen molar-refractivity contribution < 1.29 is 9.53 Å². The molecule has 0 aliphatic heterocycles. The summed E-state index contributed by atoms with van der Waals surface area (Å²) < 4.78 is 7.01. The second kappa shape index (κ2) is 6.17. The minimum atomic E-state index is -0.410. The molecule has 6 heteroatoms. The fourth-order valence-electron chi connectivity index (χ4n) is 1.98. The number of aryl methyl sites for hydroxylation is 1. The van der Waals surface area contributed by atoms with E-state index in [-0.39, 0.29) is 6.61 Å². The van der Waals surface area contributed by atoms with Crippen molar-refractivity contribution in [3.63, 3.8) is 0 Å². The molecule has 0 saturated heterocycles. The molecular formula is C16H14N4O2. The largest absolute Gasteiger partial charge is 0.456 e. The summed E-state index contributed by atoms with van der Waals surface area (Å²) in [6.45, 7) is 2.04. The lowest BCUT2D eigenvalue weighted by Gasteiger charge is -2.06. The van der Waals surface area contributed by atoms with Gasteiger partial charge < -0.3 is 4.74 Å². The number of rotatable bonds is 4. The van der Waals surface area contributed by atoms with Gasteiger partial charge in [-0.3, -0.25) is 9.55 Å². The first-order valence-electron chi connectivity index (χ1n) is 6.76. The van der Waals surface area contributed by atoms with E-state index in [9.17, 15) is 4.79 Å². The molecule has 0 spiro atoms. The molecular weight excluding hydrogens is 280 g/mol. The van der Waals surface area contributed by atoms with Gasteiger partial charge in [-0.05, 0) is 31.2 Å². The molecule has 0 radical (unpaired) electrons. The van der Waals surface area contributed by atoms with E-state index >= 15 is 0 Å². The van der Waals surface area contributed by atoms with E-state index in [4.69, 9.17) is 4.74 Å². The molecule has 110 valence electrons. The van der Waals surface area contributed by atoms with Crippen LogP contribution in [0.5, 0.6) is 0 Å². The zero-order chi connectivity index (χ0) is 15.4. The van der Waals surface area contributed by atoms with Crippen molar-refractivity contribution in [2.45, 2.75) is 13.5 Å². The third-order valence-corrected chi connectivity index (χ3v) is 3.05. The van der Waals surface area contributed by atoms with Crippen LogP contribution in [0.4, 0.5) is 0 Å². The van der Waals surface area contributed by atoms with Crippen LogP contribution in [0.15, 0.2) is 55.2 Å². The van der Waals surface area contributed by atoms with Crippen LogP contribution in [0.3, 0.4) is 0 Å². The van der Waals surface area contributed by atoms with Crippen LogP contribution in [-0.4, -0.2) is 25.5 Å². The lowest BCUT2D eigenvalue weighted by Crippen LogP contribution is -2.08. The summed E-state index contributed by atoms with van der Waals surface area (Å²) in [5.74, 6) is 0.202. The summed E-state index contributed by atoms with van der Waals surface area (Å²) in [5, 5.41) is 0. The molecule has 0 amide bonds. The summed E-state index contributed by atoms with van der Waals surface area (Å²) in [6.07, 6.45) is 6.59. The standard InChI is InChI=1S/C16H14N4O2/c1-12-3-2-4-14(19-12)10-22-16(21)13-5-6-18-15(9-13)20-8-7-17-11-20/h2-9,11H,10H2,1H3. The number of hydrogen-bond acceptors (Lipinski definition) is 5. The van der Waals surface area contributed by atoms with Gasteiger partial charge in [-0.1, -0.05) is 6.07 Å². The fraction of sp³-hybridized carbons (Fsp3) is 0.125. The van der Waals surface area contributed by atoms with Gasteiger partial charge in [-0.2, -0.15) is 0 Å². The smallest absolute Gasteiger partial charge is 0.338 e. The van der Waals surface area contributed by atoms with Crippen molar-refractivity contribution >= 4 is 5.97 Å². The third-order valence-electron chi connectivity index (χ3n) is 3.05. The molecule has 0 unspecified atom stereocenters. The first-order valence-corrected chi connectivity index (χ1v) is 6.76. The molecule has 6 nitrogen and oxygen atoms in total. The van der Waals surface area contributed by atoms with E-state index in [0.29, 0.717) is 11.4 Å². The maximum absolute atomic E-state index is 12.1. The molecule has 0 saturated carbocycles. The Balaban J connectivity index is 1.71. The Morgan fingerprint density at radius 1 is 1.27 bits per heavy atom. The summed E-state index contributed by atoms with van der Waals surface area (Å²) in [7, 11) is 0. The first-order chi connectivity index (χ1) is 10.7. The fourth-order valence-corrected chi connectivity index (χ4v) is 1.98. The topological polar surface area (TPSA) is 69.9 Å². The van der Waals surface area contributed by atoms with Crippen molar-refractivity contribution in [2.75, 3.05) is 0 Å². The van der Waals surface area contributed by atoms with E-state index in [1.54, 1.807) is 41.6 Å². The van der Waals surface area contributed by atoms with E-state index in [0.717, 1.165) is 11.4 Å². The zero-order valence-electron chi connectivity index (χ0n) is 12.0. The second-order valence-corrected chi connectivity index (χ2v) is 4.72. The highest BCUT2D eigenvalue weighted by molar-refractivity contribution is 5.89. The molecule has 0 atom stereocenters. The van der Waals surface area contributed by atoms with E-state index in [1.165, 1.54) is 0 Å². The average Bonchev–Trinajstić information content (AvgIpc) is 3.07. The van der Waals surface area contributed by atoms with Gasteiger partial charge in [0.2, 0.25) is 0 Å². The van der Waals surface area contributed by atoms with Crippen molar-refractivity contribution in [2.24, 2.45) is 0 Å². The van der Waals surface area contributed by atoms with Crippen LogP contribution in [0, 0.1) is 6.92 Å². The summed E-state index contributed by atoms with van der Waals surface area (Å²) in [5.41, 5.74) is 2.04. The van der Waals surface area contributed by atoms with Gasteiger partial charge in [0.05, 0.1) is 11.3 Å². The number of hydrogen-bond donors (Lipinski definition) is 0. The normalized spacial score (nSPS) is 10.4. The molecule has 3 rings (SSSR count). The lowest BCUT2D eigenvalue weighted by molar-refractivity contribution is 0.0467. The molecule has 0 aliphatic carbocycles. The van der Waals surface area contributed by atoms with Crippen LogP contribution in [0.2, 0.25) is 0 Å². The molecule has 3 heterocycles. The third kappa shape index (κ3) is 3.17. The van der Waals surface area contributed by atoms with Crippen molar-refractivity contribution in [1.82, 2.24) is 19.5 Å². The SMILES string of the molecule is Cc1cccc(COC(=O)c2ccnc(-n3ccnc3)c2)n1. The Bertz CT molecular complexity index is 784. The van der Waals surface area contributed by atoms with Crippen molar-refractivity contribution in [3.8, 4) is 5.82 Å². The number of pyridine rings is 2. The van der Waals surface area contributed by atoms with Crippen LogP contribution < -0.4 is 0 Å². The molecule has 0 N–H and O–H groups in total. The highest BCUT2D eigenvalue weighted by Crippen LogP contribution is 2.09. The number of carbonyl (C=O) groups is 1. The number of esters is 1. The van der Waals surface area contributed by atoms with Crippen molar-refractivity contribution in [3.05, 3.63) is 72.2 Å². The molecule has 3 aromatic heterocycles. The molecule has 0 bridgehead atoms. The Hall–Kier alpha value is -3.02. The minimum Gasteiger partial charge on any atom is -0.456 e. The van der Waals surface area contributed by atoms with Crippen LogP contribution in [0.1, 0.15) is 21.7 Å². The number of ether oxygens (including phenoxy) is 1. The van der Waals surface area contributed by atoms with Gasteiger partial charge in [0.25, 0.3) is 0 Å². The minimum absolute atomic E-state index is 0.142. The predicted octanol–water partition coefficient (Wildman–Crippen LogP) is 2.33. The van der Waals surface area contributed by atoms with Crippen LogP contribution >= 0.6 is 0 Å². The Morgan fingerprint density at radius 2 is 2.18 bits per heavy atom. The predicted molar refractivity (Wildman–Crippen MR) is 79.5 cm³/mol. The zero-order valence-corrected chi connectivity index (χ0v) is 12.0. The highest BCUT2D eigenvalue weighted by Gasteiger charge is 2.10. The van der Waals surface area contributed by atoms with E-state index in [1.807, 2.05) is 25.1 Å². The first kappa shape index (κ1) is 13.9. The van der Waals surface area contributed by atoms with Gasteiger partial charge in [-0.15, -0.1) is 0 Å². The van der Waals surface area contributed by atoms with Gasteiger partial charge >= 0.3 is 5.97 Å². The summed E-state index contributed by atoms with van der Waals surface area (Å²) >= 11 is 0. The van der Waals surface area contributed by atoms with Crippen LogP contribution in [0.25, 0.3) is 5.82 Å². The Morgan fingerprint density at radius 3 is 2.95 bits per heavy atom. The quantitative estimate of drug-likeness (QED) is 0.691. The van der Waals surface area contributed by atoms with E-state index < -0.39 is 5.97 Å². The number of imidazole rings is 1. The highest BCUT2D eigenvalue weighted by atomic mass is 16.5. The maximum Gasteiger partial charge on any atom is 0.338 e. The second-order valence-electron chi connectivity index (χ2n) is 4.72. The lowest BCUT2D eigenvalue weighted by atomic mass is 10.2. The van der Waals surface area contributed by atoms with E-state index in [2.05, 4.69) is 15.0 Å².